The van der Waals surface area contributed by atoms with Crippen LogP contribution in [0.4, 0.5) is 10.2 Å². The number of rotatable bonds is 8. The van der Waals surface area contributed by atoms with Crippen LogP contribution in [-0.2, 0) is 24.5 Å². The van der Waals surface area contributed by atoms with Gasteiger partial charge in [-0.05, 0) is 49.2 Å². The van der Waals surface area contributed by atoms with E-state index in [0.29, 0.717) is 33.2 Å². The molecule has 0 aliphatic rings. The first kappa shape index (κ1) is 23.9. The Morgan fingerprint density at radius 2 is 2.00 bits per heavy atom. The lowest BCUT2D eigenvalue weighted by Gasteiger charge is -2.15. The van der Waals surface area contributed by atoms with Crippen LogP contribution in [0.25, 0.3) is 16.6 Å². The lowest BCUT2D eigenvalue weighted by molar-refractivity contribution is 0.177. The second-order valence-electron chi connectivity index (χ2n) is 8.39. The molecule has 4 rings (SSSR count). The number of fused-ring (bicyclic) bond motifs is 1. The van der Waals surface area contributed by atoms with Crippen molar-refractivity contribution in [2.75, 3.05) is 12.4 Å². The summed E-state index contributed by atoms with van der Waals surface area (Å²) in [6.07, 6.45) is 5.23. The van der Waals surface area contributed by atoms with E-state index in [-0.39, 0.29) is 31.4 Å². The Bertz CT molecular complexity index is 1400. The van der Waals surface area contributed by atoms with Crippen LogP contribution in [-0.4, -0.2) is 32.2 Å². The van der Waals surface area contributed by atoms with E-state index in [4.69, 9.17) is 16.3 Å². The van der Waals surface area contributed by atoms with Crippen LogP contribution in [0.15, 0.2) is 53.7 Å². The Morgan fingerprint density at radius 3 is 2.71 bits per heavy atom. The molecule has 7 nitrogen and oxygen atoms in total. The van der Waals surface area contributed by atoms with Gasteiger partial charge in [0, 0.05) is 42.9 Å². The van der Waals surface area contributed by atoms with Crippen LogP contribution in [0.1, 0.15) is 30.7 Å². The van der Waals surface area contributed by atoms with Gasteiger partial charge in [-0.25, -0.2) is 9.37 Å². The summed E-state index contributed by atoms with van der Waals surface area (Å²) in [5.74, 6) is 0.252. The zero-order chi connectivity index (χ0) is 24.4. The highest BCUT2D eigenvalue weighted by Crippen LogP contribution is 2.31. The highest BCUT2D eigenvalue weighted by molar-refractivity contribution is 6.33. The van der Waals surface area contributed by atoms with E-state index in [1.165, 1.54) is 22.8 Å². The number of pyridine rings is 1. The van der Waals surface area contributed by atoms with Crippen molar-refractivity contribution in [1.29, 1.82) is 0 Å². The number of anilines is 1. The number of hydrogen-bond acceptors (Lipinski definition) is 5. The van der Waals surface area contributed by atoms with Gasteiger partial charge in [-0.15, -0.1) is 0 Å². The van der Waals surface area contributed by atoms with E-state index in [1.54, 1.807) is 23.8 Å². The normalized spacial score (nSPS) is 11.5. The molecule has 0 bridgehead atoms. The molecule has 0 spiro atoms. The predicted molar refractivity (Wildman–Crippen MR) is 131 cm³/mol. The summed E-state index contributed by atoms with van der Waals surface area (Å²) >= 11 is 6.44. The van der Waals surface area contributed by atoms with E-state index in [0.717, 1.165) is 11.1 Å². The number of hydrogen-bond donors (Lipinski definition) is 2. The van der Waals surface area contributed by atoms with Crippen molar-refractivity contribution in [3.63, 3.8) is 0 Å². The van der Waals surface area contributed by atoms with Gasteiger partial charge in [-0.2, -0.15) is 0 Å². The third-order valence-electron chi connectivity index (χ3n) is 5.51. The summed E-state index contributed by atoms with van der Waals surface area (Å²) in [5.41, 5.74) is 3.37. The number of aliphatic hydroxyl groups is 1. The molecule has 3 heterocycles. The van der Waals surface area contributed by atoms with Gasteiger partial charge in [-0.1, -0.05) is 17.7 Å². The average molecular weight is 485 g/mol. The van der Waals surface area contributed by atoms with Crippen LogP contribution < -0.4 is 10.9 Å². The summed E-state index contributed by atoms with van der Waals surface area (Å²) in [6.45, 7) is 4.06. The van der Waals surface area contributed by atoms with E-state index in [2.05, 4.69) is 10.3 Å². The molecule has 0 radical (unpaired) electrons. The minimum atomic E-state index is -0.433. The zero-order valence-corrected chi connectivity index (χ0v) is 19.9. The second kappa shape index (κ2) is 9.97. The van der Waals surface area contributed by atoms with Crippen LogP contribution in [0.2, 0.25) is 5.02 Å². The van der Waals surface area contributed by atoms with Gasteiger partial charge in [-0.3, -0.25) is 4.79 Å². The van der Waals surface area contributed by atoms with Crippen molar-refractivity contribution < 1.29 is 14.2 Å². The molecule has 34 heavy (non-hydrogen) atoms. The van der Waals surface area contributed by atoms with Gasteiger partial charge in [0.05, 0.1) is 30.5 Å². The number of benzene rings is 1. The summed E-state index contributed by atoms with van der Waals surface area (Å²) < 4.78 is 22.5. The van der Waals surface area contributed by atoms with E-state index in [1.807, 2.05) is 32.3 Å². The first-order chi connectivity index (χ1) is 16.3. The number of halogens is 2. The maximum Gasteiger partial charge on any atom is 0.275 e. The molecule has 0 aliphatic heterocycles. The molecule has 0 amide bonds. The van der Waals surface area contributed by atoms with Crippen molar-refractivity contribution in [2.24, 2.45) is 0 Å². The highest BCUT2D eigenvalue weighted by atomic mass is 35.5. The van der Waals surface area contributed by atoms with Crippen molar-refractivity contribution in [3.05, 3.63) is 86.9 Å². The maximum atomic E-state index is 13.9. The maximum absolute atomic E-state index is 13.9. The molecular formula is C25H26ClFN4O3. The molecule has 0 unspecified atom stereocenters. The first-order valence-electron chi connectivity index (χ1n) is 10.8. The number of nitrogens with one attached hydrogen (secondary N) is 1. The fraction of sp³-hybridized carbons (Fsp3) is 0.280. The monoisotopic (exact) mass is 484 g/mol. The van der Waals surface area contributed by atoms with E-state index in [9.17, 15) is 14.3 Å². The van der Waals surface area contributed by atoms with Crippen LogP contribution >= 0.6 is 11.6 Å². The van der Waals surface area contributed by atoms with Crippen LogP contribution in [0.5, 0.6) is 0 Å². The van der Waals surface area contributed by atoms with E-state index >= 15 is 0 Å². The molecule has 0 atom stereocenters. The molecular weight excluding hydrogens is 459 g/mol. The first-order valence-corrected chi connectivity index (χ1v) is 11.2. The van der Waals surface area contributed by atoms with Crippen molar-refractivity contribution >= 4 is 22.9 Å². The summed E-state index contributed by atoms with van der Waals surface area (Å²) in [4.78, 5) is 17.8. The van der Waals surface area contributed by atoms with Gasteiger partial charge in [0.1, 0.15) is 17.2 Å². The van der Waals surface area contributed by atoms with Gasteiger partial charge in [0.15, 0.2) is 0 Å². The van der Waals surface area contributed by atoms with Crippen molar-refractivity contribution in [2.45, 2.75) is 39.6 Å². The number of aliphatic hydroxyl groups excluding tert-OH is 1. The quantitative estimate of drug-likeness (QED) is 0.386. The Morgan fingerprint density at radius 1 is 1.21 bits per heavy atom. The minimum absolute atomic E-state index is 0.0979. The lowest BCUT2D eigenvalue weighted by Crippen LogP contribution is -2.26. The molecule has 0 aliphatic carbocycles. The molecule has 3 aromatic heterocycles. The summed E-state index contributed by atoms with van der Waals surface area (Å²) in [6, 6.07) is 7.97. The molecule has 4 aromatic rings. The Labute approximate surface area is 201 Å². The number of aromatic nitrogens is 3. The molecule has 9 heteroatoms. The smallest absolute Gasteiger partial charge is 0.275 e. The summed E-state index contributed by atoms with van der Waals surface area (Å²) in [5, 5.41) is 13.4. The SMILES string of the molecule is COCc1cn2cc(-c3cc(NC(C)C)ncc3Cl)cc2c(=O)n1Cc1cc(F)ccc1CO. The Hall–Kier alpha value is -3.20. The van der Waals surface area contributed by atoms with Gasteiger partial charge in [0.2, 0.25) is 0 Å². The largest absolute Gasteiger partial charge is 0.392 e. The fourth-order valence-corrected chi connectivity index (χ4v) is 4.15. The molecule has 0 saturated heterocycles. The molecule has 2 N–H and O–H groups in total. The van der Waals surface area contributed by atoms with Crippen molar-refractivity contribution in [3.8, 4) is 11.1 Å². The number of methoxy groups -OCH3 is 1. The average Bonchev–Trinajstić information content (AvgIpc) is 3.22. The van der Waals surface area contributed by atoms with Gasteiger partial charge >= 0.3 is 0 Å². The topological polar surface area (TPSA) is 80.8 Å². The summed E-state index contributed by atoms with van der Waals surface area (Å²) in [7, 11) is 1.54. The van der Waals surface area contributed by atoms with Gasteiger partial charge < -0.3 is 24.1 Å². The molecule has 0 saturated carbocycles. The third-order valence-corrected chi connectivity index (χ3v) is 5.81. The third kappa shape index (κ3) is 4.84. The van der Waals surface area contributed by atoms with Crippen LogP contribution in [0.3, 0.4) is 0 Å². The number of ether oxygens (including phenoxy) is 1. The highest BCUT2D eigenvalue weighted by Gasteiger charge is 2.16. The molecule has 1 aromatic carbocycles. The Kier molecular flexibility index (Phi) is 7.02. The fourth-order valence-electron chi connectivity index (χ4n) is 3.94. The molecule has 0 fully saturated rings. The van der Waals surface area contributed by atoms with Crippen LogP contribution in [0, 0.1) is 5.82 Å². The predicted octanol–water partition coefficient (Wildman–Crippen LogP) is 4.46. The van der Waals surface area contributed by atoms with E-state index < -0.39 is 5.82 Å². The zero-order valence-electron chi connectivity index (χ0n) is 19.2. The van der Waals surface area contributed by atoms with Gasteiger partial charge in [0.25, 0.3) is 5.56 Å². The number of nitrogens with zero attached hydrogens (tertiary/aromatic N) is 3. The standard InChI is InChI=1S/C25H26ClFN4O3/c1-15(2)29-24-8-21(22(26)9-28-24)18-7-23-25(33)31(20(14-34-3)12-30(23)10-18)11-17-6-19(27)5-4-16(17)13-32/h4-10,12,15,32H,11,13-14H2,1-3H3,(H,28,29). The lowest BCUT2D eigenvalue weighted by atomic mass is 10.1. The molecule has 178 valence electrons. The second-order valence-corrected chi connectivity index (χ2v) is 8.79. The minimum Gasteiger partial charge on any atom is -0.392 e. The van der Waals surface area contributed by atoms with Crippen molar-refractivity contribution in [1.82, 2.24) is 14.0 Å². The Balaban J connectivity index is 1.84.